The minimum atomic E-state index is -1.04. The molecule has 2 rings (SSSR count). The van der Waals surface area contributed by atoms with Crippen LogP contribution in [0.3, 0.4) is 0 Å². The van der Waals surface area contributed by atoms with Crippen LogP contribution in [0.15, 0.2) is 30.5 Å². The van der Waals surface area contributed by atoms with E-state index in [1.165, 1.54) is 24.4 Å². The SMILES string of the molecule is Cc1cc(C(=O)NCc2cc(C(=O)O)ccn2)cc(Cl)n1. The van der Waals surface area contributed by atoms with E-state index in [1.807, 2.05) is 0 Å². The lowest BCUT2D eigenvalue weighted by Gasteiger charge is -2.06. The summed E-state index contributed by atoms with van der Waals surface area (Å²) in [4.78, 5) is 30.8. The van der Waals surface area contributed by atoms with E-state index in [0.29, 0.717) is 17.0 Å². The summed E-state index contributed by atoms with van der Waals surface area (Å²) >= 11 is 5.80. The number of nitrogens with zero attached hydrogens (tertiary/aromatic N) is 2. The minimum Gasteiger partial charge on any atom is -0.478 e. The molecule has 0 spiro atoms. The van der Waals surface area contributed by atoms with Crippen LogP contribution in [0.1, 0.15) is 32.1 Å². The zero-order chi connectivity index (χ0) is 15.4. The lowest BCUT2D eigenvalue weighted by atomic mass is 10.2. The van der Waals surface area contributed by atoms with Gasteiger partial charge < -0.3 is 10.4 Å². The van der Waals surface area contributed by atoms with E-state index in [-0.39, 0.29) is 23.2 Å². The Morgan fingerprint density at radius 1 is 1.29 bits per heavy atom. The molecule has 0 aromatic carbocycles. The minimum absolute atomic E-state index is 0.122. The van der Waals surface area contributed by atoms with Gasteiger partial charge in [-0.3, -0.25) is 9.78 Å². The molecule has 1 amide bonds. The number of aromatic nitrogens is 2. The van der Waals surface area contributed by atoms with Gasteiger partial charge in [-0.05, 0) is 31.2 Å². The van der Waals surface area contributed by atoms with Crippen LogP contribution in [0.25, 0.3) is 0 Å². The van der Waals surface area contributed by atoms with Gasteiger partial charge in [-0.2, -0.15) is 0 Å². The Morgan fingerprint density at radius 2 is 2.05 bits per heavy atom. The Kier molecular flexibility index (Phi) is 4.49. The second-order valence-electron chi connectivity index (χ2n) is 4.34. The standard InChI is InChI=1S/C14H12ClN3O3/c1-8-4-10(6-12(15)18-8)13(19)17-7-11-5-9(14(20)21)2-3-16-11/h2-6H,7H2,1H3,(H,17,19)(H,20,21). The highest BCUT2D eigenvalue weighted by Gasteiger charge is 2.09. The number of hydrogen-bond acceptors (Lipinski definition) is 4. The van der Waals surface area contributed by atoms with E-state index in [1.54, 1.807) is 13.0 Å². The third kappa shape index (κ3) is 4.00. The fourth-order valence-corrected chi connectivity index (χ4v) is 1.99. The van der Waals surface area contributed by atoms with Gasteiger partial charge in [0.25, 0.3) is 5.91 Å². The normalized spacial score (nSPS) is 10.2. The van der Waals surface area contributed by atoms with Gasteiger partial charge in [0, 0.05) is 17.5 Å². The molecule has 2 heterocycles. The molecule has 7 heteroatoms. The van der Waals surface area contributed by atoms with Gasteiger partial charge in [0.2, 0.25) is 0 Å². The third-order valence-electron chi connectivity index (χ3n) is 2.68. The number of aryl methyl sites for hydroxylation is 1. The number of pyridine rings is 2. The highest BCUT2D eigenvalue weighted by molar-refractivity contribution is 6.29. The molecule has 0 unspecified atom stereocenters. The molecule has 0 saturated heterocycles. The van der Waals surface area contributed by atoms with Gasteiger partial charge in [0.15, 0.2) is 0 Å². The molecule has 6 nitrogen and oxygen atoms in total. The summed E-state index contributed by atoms with van der Waals surface area (Å²) in [6.45, 7) is 1.86. The first kappa shape index (κ1) is 14.9. The molecule has 0 atom stereocenters. The van der Waals surface area contributed by atoms with E-state index in [2.05, 4.69) is 15.3 Å². The van der Waals surface area contributed by atoms with Crippen molar-refractivity contribution in [3.05, 3.63) is 58.1 Å². The lowest BCUT2D eigenvalue weighted by Crippen LogP contribution is -2.23. The molecule has 0 saturated carbocycles. The molecule has 21 heavy (non-hydrogen) atoms. The number of hydrogen-bond donors (Lipinski definition) is 2. The summed E-state index contributed by atoms with van der Waals surface area (Å²) in [7, 11) is 0. The Balaban J connectivity index is 2.07. The van der Waals surface area contributed by atoms with Crippen LogP contribution in [0.5, 0.6) is 0 Å². The number of carboxylic acid groups (broad SMARTS) is 1. The molecule has 0 fully saturated rings. The van der Waals surface area contributed by atoms with Crippen molar-refractivity contribution < 1.29 is 14.7 Å². The monoisotopic (exact) mass is 305 g/mol. The number of aromatic carboxylic acids is 1. The van der Waals surface area contributed by atoms with Gasteiger partial charge in [-0.15, -0.1) is 0 Å². The van der Waals surface area contributed by atoms with Gasteiger partial charge in [0.05, 0.1) is 17.8 Å². The summed E-state index contributed by atoms with van der Waals surface area (Å²) in [5.74, 6) is -1.37. The smallest absolute Gasteiger partial charge is 0.335 e. The van der Waals surface area contributed by atoms with Crippen molar-refractivity contribution in [2.75, 3.05) is 0 Å². The topological polar surface area (TPSA) is 92.2 Å². The molecule has 0 radical (unpaired) electrons. The second-order valence-corrected chi connectivity index (χ2v) is 4.73. The molecule has 0 bridgehead atoms. The number of carbonyl (C=O) groups is 2. The van der Waals surface area contributed by atoms with E-state index >= 15 is 0 Å². The predicted molar refractivity (Wildman–Crippen MR) is 76.4 cm³/mol. The van der Waals surface area contributed by atoms with Gasteiger partial charge in [-0.25, -0.2) is 9.78 Å². The Bertz CT molecular complexity index is 683. The van der Waals surface area contributed by atoms with Crippen LogP contribution >= 0.6 is 11.6 Å². The Morgan fingerprint density at radius 3 is 2.71 bits per heavy atom. The quantitative estimate of drug-likeness (QED) is 0.844. The second kappa shape index (κ2) is 6.32. The molecule has 0 aliphatic rings. The number of amides is 1. The summed E-state index contributed by atoms with van der Waals surface area (Å²) in [6, 6.07) is 5.88. The van der Waals surface area contributed by atoms with E-state index < -0.39 is 5.97 Å². The van der Waals surface area contributed by atoms with Crippen LogP contribution in [0.2, 0.25) is 5.15 Å². The fourth-order valence-electron chi connectivity index (χ4n) is 1.74. The maximum absolute atomic E-state index is 12.0. The molecule has 2 N–H and O–H groups in total. The Labute approximate surface area is 125 Å². The van der Waals surface area contributed by atoms with Crippen LogP contribution in [-0.4, -0.2) is 27.0 Å². The molecular weight excluding hydrogens is 294 g/mol. The maximum Gasteiger partial charge on any atom is 0.335 e. The zero-order valence-corrected chi connectivity index (χ0v) is 11.9. The van der Waals surface area contributed by atoms with Gasteiger partial charge in [0.1, 0.15) is 5.15 Å². The highest BCUT2D eigenvalue weighted by atomic mass is 35.5. The highest BCUT2D eigenvalue weighted by Crippen LogP contribution is 2.10. The van der Waals surface area contributed by atoms with Crippen molar-refractivity contribution in [2.45, 2.75) is 13.5 Å². The fraction of sp³-hybridized carbons (Fsp3) is 0.143. The molecule has 108 valence electrons. The average Bonchev–Trinajstić information content (AvgIpc) is 2.44. The van der Waals surface area contributed by atoms with Crippen molar-refractivity contribution >= 4 is 23.5 Å². The van der Waals surface area contributed by atoms with Crippen molar-refractivity contribution in [1.82, 2.24) is 15.3 Å². The average molecular weight is 306 g/mol. The van der Waals surface area contributed by atoms with Crippen molar-refractivity contribution in [3.63, 3.8) is 0 Å². The van der Waals surface area contributed by atoms with Crippen molar-refractivity contribution in [3.8, 4) is 0 Å². The van der Waals surface area contributed by atoms with Gasteiger partial charge >= 0.3 is 5.97 Å². The third-order valence-corrected chi connectivity index (χ3v) is 2.87. The van der Waals surface area contributed by atoms with Crippen LogP contribution in [0.4, 0.5) is 0 Å². The summed E-state index contributed by atoms with van der Waals surface area (Å²) in [5.41, 5.74) is 1.61. The largest absolute Gasteiger partial charge is 0.478 e. The molecule has 0 aliphatic heterocycles. The number of rotatable bonds is 4. The van der Waals surface area contributed by atoms with Crippen LogP contribution in [0, 0.1) is 6.92 Å². The summed E-state index contributed by atoms with van der Waals surface area (Å²) < 4.78 is 0. The first-order valence-corrected chi connectivity index (χ1v) is 6.44. The molecule has 2 aromatic heterocycles. The molecule has 2 aromatic rings. The number of carbonyl (C=O) groups excluding carboxylic acids is 1. The lowest BCUT2D eigenvalue weighted by molar-refractivity contribution is 0.0696. The zero-order valence-electron chi connectivity index (χ0n) is 11.1. The molecular formula is C14H12ClN3O3. The summed E-state index contributed by atoms with van der Waals surface area (Å²) in [5, 5.41) is 11.8. The molecule has 0 aliphatic carbocycles. The maximum atomic E-state index is 12.0. The van der Waals surface area contributed by atoms with Crippen LogP contribution < -0.4 is 5.32 Å². The first-order valence-electron chi connectivity index (χ1n) is 6.06. The van der Waals surface area contributed by atoms with E-state index in [0.717, 1.165) is 0 Å². The van der Waals surface area contributed by atoms with Crippen molar-refractivity contribution in [2.24, 2.45) is 0 Å². The van der Waals surface area contributed by atoms with E-state index in [9.17, 15) is 9.59 Å². The number of carboxylic acids is 1. The van der Waals surface area contributed by atoms with Crippen molar-refractivity contribution in [1.29, 1.82) is 0 Å². The summed E-state index contributed by atoms with van der Waals surface area (Å²) in [6.07, 6.45) is 1.39. The first-order chi connectivity index (χ1) is 9.95. The van der Waals surface area contributed by atoms with Gasteiger partial charge in [-0.1, -0.05) is 11.6 Å². The number of halogens is 1. The predicted octanol–water partition coefficient (Wildman–Crippen LogP) is 2.07. The van der Waals surface area contributed by atoms with Crippen LogP contribution in [-0.2, 0) is 6.54 Å². The van der Waals surface area contributed by atoms with E-state index in [4.69, 9.17) is 16.7 Å². The Hall–Kier alpha value is -2.47. The number of nitrogens with one attached hydrogen (secondary N) is 1.